The average molecular weight is 289 g/mol. The van der Waals surface area contributed by atoms with Crippen molar-refractivity contribution in [2.45, 2.75) is 26.0 Å². The lowest BCUT2D eigenvalue weighted by molar-refractivity contribution is 0.183. The number of nitrogens with one attached hydrogen (secondary N) is 2. The molecule has 0 aromatic heterocycles. The van der Waals surface area contributed by atoms with Crippen molar-refractivity contribution in [1.29, 1.82) is 0 Å². The van der Waals surface area contributed by atoms with E-state index in [9.17, 15) is 4.79 Å². The van der Waals surface area contributed by atoms with Gasteiger partial charge in [0.15, 0.2) is 0 Å². The number of aliphatic hydroxyl groups excluding tert-OH is 1. The molecule has 0 saturated heterocycles. The van der Waals surface area contributed by atoms with E-state index >= 15 is 0 Å². The van der Waals surface area contributed by atoms with Gasteiger partial charge in [-0.15, -0.1) is 0 Å². The first-order valence-corrected chi connectivity index (χ1v) is 7.34. The third kappa shape index (κ3) is 5.11. The first-order chi connectivity index (χ1) is 10.1. The molecule has 5 nitrogen and oxygen atoms in total. The van der Waals surface area contributed by atoms with E-state index in [1.807, 2.05) is 12.1 Å². The fourth-order valence-corrected chi connectivity index (χ4v) is 2.19. The van der Waals surface area contributed by atoms with Crippen LogP contribution >= 0.6 is 0 Å². The number of benzene rings is 1. The summed E-state index contributed by atoms with van der Waals surface area (Å²) in [5.41, 5.74) is 2.25. The van der Waals surface area contributed by atoms with Crippen LogP contribution in [0.4, 0.5) is 10.5 Å². The predicted molar refractivity (Wildman–Crippen MR) is 84.3 cm³/mol. The Labute approximate surface area is 125 Å². The third-order valence-electron chi connectivity index (χ3n) is 3.39. The fraction of sp³-hybridized carbons (Fsp3) is 0.438. The van der Waals surface area contributed by atoms with Gasteiger partial charge in [-0.05, 0) is 31.0 Å². The summed E-state index contributed by atoms with van der Waals surface area (Å²) < 4.78 is 0. The molecule has 1 aliphatic heterocycles. The zero-order valence-corrected chi connectivity index (χ0v) is 12.4. The van der Waals surface area contributed by atoms with Gasteiger partial charge in [0.25, 0.3) is 0 Å². The van der Waals surface area contributed by atoms with Gasteiger partial charge < -0.3 is 20.6 Å². The number of nitrogens with zero attached hydrogens (tertiary/aromatic N) is 1. The van der Waals surface area contributed by atoms with E-state index in [-0.39, 0.29) is 6.03 Å². The molecule has 5 heteroatoms. The monoisotopic (exact) mass is 289 g/mol. The van der Waals surface area contributed by atoms with Crippen molar-refractivity contribution in [3.63, 3.8) is 0 Å². The molecule has 0 spiro atoms. The van der Waals surface area contributed by atoms with Crippen LogP contribution in [0.25, 0.3) is 0 Å². The van der Waals surface area contributed by atoms with Crippen LogP contribution in [0.3, 0.4) is 0 Å². The smallest absolute Gasteiger partial charge is 0.315 e. The molecule has 1 aromatic carbocycles. The third-order valence-corrected chi connectivity index (χ3v) is 3.39. The summed E-state index contributed by atoms with van der Waals surface area (Å²) in [4.78, 5) is 13.9. The van der Waals surface area contributed by atoms with Gasteiger partial charge in [-0.25, -0.2) is 4.79 Å². The second kappa shape index (κ2) is 7.69. The summed E-state index contributed by atoms with van der Waals surface area (Å²) >= 11 is 0. The van der Waals surface area contributed by atoms with E-state index in [1.54, 1.807) is 6.92 Å². The molecule has 0 radical (unpaired) electrons. The van der Waals surface area contributed by atoms with Gasteiger partial charge in [-0.1, -0.05) is 24.3 Å². The van der Waals surface area contributed by atoms with Crippen LogP contribution < -0.4 is 15.5 Å². The number of urea groups is 1. The molecular weight excluding hydrogens is 266 g/mol. The summed E-state index contributed by atoms with van der Waals surface area (Å²) in [5, 5.41) is 14.7. The summed E-state index contributed by atoms with van der Waals surface area (Å²) in [6.45, 7) is 4.56. The lowest BCUT2D eigenvalue weighted by Gasteiger charge is -2.18. The Bertz CT molecular complexity index is 492. The number of carbonyl (C=O) groups is 1. The highest BCUT2D eigenvalue weighted by Crippen LogP contribution is 2.18. The molecule has 0 saturated carbocycles. The molecule has 2 amide bonds. The first kappa shape index (κ1) is 15.4. The molecule has 1 unspecified atom stereocenters. The highest BCUT2D eigenvalue weighted by Gasteiger charge is 2.08. The van der Waals surface area contributed by atoms with Crippen LogP contribution in [0.2, 0.25) is 0 Å². The van der Waals surface area contributed by atoms with Gasteiger partial charge in [-0.3, -0.25) is 0 Å². The molecule has 0 aliphatic carbocycles. The van der Waals surface area contributed by atoms with Crippen LogP contribution in [-0.2, 0) is 6.54 Å². The van der Waals surface area contributed by atoms with E-state index < -0.39 is 6.10 Å². The maximum Gasteiger partial charge on any atom is 0.315 e. The van der Waals surface area contributed by atoms with E-state index in [1.165, 1.54) is 5.69 Å². The molecule has 114 valence electrons. The highest BCUT2D eigenvalue weighted by molar-refractivity contribution is 5.73. The standard InChI is InChI=1S/C16H23N3O2/c1-13(20)7-8-17-16(21)18-12-14-5-4-6-15(11-14)19-9-2-3-10-19/h2-6,11,13,20H,7-10,12H2,1H3,(H2,17,18,21). The van der Waals surface area contributed by atoms with Crippen LogP contribution in [0, 0.1) is 0 Å². The number of carbonyl (C=O) groups excluding carboxylic acids is 1. The van der Waals surface area contributed by atoms with Gasteiger partial charge >= 0.3 is 6.03 Å². The molecule has 21 heavy (non-hydrogen) atoms. The van der Waals surface area contributed by atoms with Crippen LogP contribution in [0.5, 0.6) is 0 Å². The van der Waals surface area contributed by atoms with E-state index in [0.717, 1.165) is 18.7 Å². The van der Waals surface area contributed by atoms with Gasteiger partial charge in [0.05, 0.1) is 6.10 Å². The zero-order valence-electron chi connectivity index (χ0n) is 12.4. The Morgan fingerprint density at radius 2 is 2.10 bits per heavy atom. The van der Waals surface area contributed by atoms with Crippen molar-refractivity contribution in [3.05, 3.63) is 42.0 Å². The van der Waals surface area contributed by atoms with Gasteiger partial charge in [0.1, 0.15) is 0 Å². The molecule has 0 bridgehead atoms. The van der Waals surface area contributed by atoms with E-state index in [4.69, 9.17) is 5.11 Å². The normalized spacial score (nSPS) is 15.0. The van der Waals surface area contributed by atoms with Gasteiger partial charge in [-0.2, -0.15) is 0 Å². The van der Waals surface area contributed by atoms with Gasteiger partial charge in [0.2, 0.25) is 0 Å². The Morgan fingerprint density at radius 3 is 2.81 bits per heavy atom. The predicted octanol–water partition coefficient (Wildman–Crippen LogP) is 1.63. The minimum Gasteiger partial charge on any atom is -0.393 e. The summed E-state index contributed by atoms with van der Waals surface area (Å²) in [7, 11) is 0. The number of amides is 2. The van der Waals surface area contributed by atoms with Gasteiger partial charge in [0, 0.05) is 31.9 Å². The topological polar surface area (TPSA) is 64.6 Å². The van der Waals surface area contributed by atoms with E-state index in [2.05, 4.69) is 39.8 Å². The molecule has 1 aromatic rings. The Kier molecular flexibility index (Phi) is 5.63. The molecule has 3 N–H and O–H groups in total. The second-order valence-corrected chi connectivity index (χ2v) is 5.29. The minimum atomic E-state index is -0.393. The molecule has 1 aliphatic rings. The first-order valence-electron chi connectivity index (χ1n) is 7.34. The van der Waals surface area contributed by atoms with Crippen molar-refractivity contribution in [2.75, 3.05) is 24.5 Å². The molecule has 1 heterocycles. The summed E-state index contributed by atoms with van der Waals surface area (Å²) in [5.74, 6) is 0. The van der Waals surface area contributed by atoms with E-state index in [0.29, 0.717) is 19.5 Å². The van der Waals surface area contributed by atoms with Crippen molar-refractivity contribution >= 4 is 11.7 Å². The molecule has 2 rings (SSSR count). The second-order valence-electron chi connectivity index (χ2n) is 5.29. The zero-order chi connectivity index (χ0) is 15.1. The summed E-state index contributed by atoms with van der Waals surface area (Å²) in [6.07, 6.45) is 4.47. The molecular formula is C16H23N3O2. The number of hydrogen-bond acceptors (Lipinski definition) is 3. The number of aliphatic hydroxyl groups is 1. The van der Waals surface area contributed by atoms with Crippen LogP contribution in [-0.4, -0.2) is 36.9 Å². The average Bonchev–Trinajstić information content (AvgIpc) is 2.99. The summed E-state index contributed by atoms with van der Waals surface area (Å²) in [6, 6.07) is 7.99. The number of hydrogen-bond donors (Lipinski definition) is 3. The van der Waals surface area contributed by atoms with Crippen LogP contribution in [0.1, 0.15) is 18.9 Å². The SMILES string of the molecule is CC(O)CCNC(=O)NCc1cccc(N2CC=CC2)c1. The maximum absolute atomic E-state index is 11.6. The quantitative estimate of drug-likeness (QED) is 0.698. The molecule has 1 atom stereocenters. The van der Waals surface area contributed by atoms with Crippen molar-refractivity contribution in [1.82, 2.24) is 10.6 Å². The Hall–Kier alpha value is -2.01. The minimum absolute atomic E-state index is 0.205. The van der Waals surface area contributed by atoms with Crippen molar-refractivity contribution in [2.24, 2.45) is 0 Å². The number of anilines is 1. The van der Waals surface area contributed by atoms with Crippen molar-refractivity contribution < 1.29 is 9.90 Å². The lowest BCUT2D eigenvalue weighted by atomic mass is 10.2. The van der Waals surface area contributed by atoms with Crippen LogP contribution in [0.15, 0.2) is 36.4 Å². The van der Waals surface area contributed by atoms with Crippen molar-refractivity contribution in [3.8, 4) is 0 Å². The number of rotatable bonds is 6. The largest absolute Gasteiger partial charge is 0.393 e. The Balaban J connectivity index is 1.77. The Morgan fingerprint density at radius 1 is 1.33 bits per heavy atom. The lowest BCUT2D eigenvalue weighted by Crippen LogP contribution is -2.36. The highest BCUT2D eigenvalue weighted by atomic mass is 16.3. The maximum atomic E-state index is 11.6. The molecule has 0 fully saturated rings. The fourth-order valence-electron chi connectivity index (χ4n) is 2.19.